The Kier molecular flexibility index (Phi) is 28.5. The number of nitrogens with zero attached hydrogens (tertiary/aromatic N) is 6. The lowest BCUT2D eigenvalue weighted by atomic mass is 10.1. The van der Waals surface area contributed by atoms with Crippen LogP contribution in [0.3, 0.4) is 0 Å². The standard InChI is InChI=1S/C21H18ClFN4O3S.C17H11ClFN3O5.C17H13ClFN3O3.C11H9ClN2O2.C6H3ClFNO3.C3H7N/c1-29-17-9-14-11(8-12(17)20(24)28)15(6-7-25-14)30-16-5-4-13(18(22)19(16)23)27-21(31)26-10-2-3-10;1-26-14-7-10-8(6-9(14)17(20)23)12(4-5-21-10)27-13-3-2-11(22(24)25)15(18)16(13)19;1-24-14-7-11-8(6-9(14)17(21)23)12(4-5-22-11)25-13-3-2-10(20)15(18)16(13)19;1-16-10-5-9-6(4-7(10)11(13)15)8(12)2-3-14-9;7-5-3(9(11)12)1-2-4(10)6(5)8;4-3-1-2-3/h4-10H,2-3H2,1H3,(H2,24,28)(H2,26,27,31);2-7H,1H3,(H2,20,23);2-7H,20H2,1H3,(H2,21,23);2-5H,1H3,(H2,13,15);1-2,10H;3H,1-2,4H2. The number of carbonyl (C=O) groups is 4. The summed E-state index contributed by atoms with van der Waals surface area (Å²) in [6.45, 7) is 0. The van der Waals surface area contributed by atoms with E-state index < -0.39 is 83.9 Å². The number of benzene rings is 8. The zero-order valence-corrected chi connectivity index (χ0v) is 64.5. The molecule has 0 atom stereocenters. The van der Waals surface area contributed by atoms with Crippen LogP contribution in [0.5, 0.6) is 63.2 Å². The summed E-state index contributed by atoms with van der Waals surface area (Å²) in [5.74, 6) is -5.77. The van der Waals surface area contributed by atoms with Crippen LogP contribution in [0.2, 0.25) is 25.1 Å². The molecule has 4 aromatic heterocycles. The molecular weight excluding hydrogens is 1640 g/mol. The number of amides is 4. The average molecular weight is 1700 g/mol. The van der Waals surface area contributed by atoms with Crippen molar-refractivity contribution in [3.63, 3.8) is 0 Å². The van der Waals surface area contributed by atoms with Gasteiger partial charge in [0.2, 0.25) is 0 Å². The monoisotopic (exact) mass is 1700 g/mol. The summed E-state index contributed by atoms with van der Waals surface area (Å²) >= 11 is 34.1. The van der Waals surface area contributed by atoms with Gasteiger partial charge in [0.25, 0.3) is 35.0 Å². The van der Waals surface area contributed by atoms with Crippen molar-refractivity contribution in [2.45, 2.75) is 37.8 Å². The van der Waals surface area contributed by atoms with Crippen molar-refractivity contribution in [3.8, 4) is 63.2 Å². The summed E-state index contributed by atoms with van der Waals surface area (Å²) in [4.78, 5) is 82.3. The number of hydrogen-bond donors (Lipinski definition) is 9. The smallest absolute Gasteiger partial charge is 0.291 e. The first-order chi connectivity index (χ1) is 54.7. The fourth-order valence-corrected chi connectivity index (χ4v) is 11.4. The SMILES string of the molecule is COc1cc2nccc(Cl)c2cc1C(N)=O.COc1cc2nccc(Oc3ccc(N)c(Cl)c3F)c2cc1C(N)=O.COc1cc2nccc(Oc3ccc(NC(=S)NC4CC4)c(Cl)c3F)c2cc1C(N)=O.COc1cc2nccc(Oc3ccc([N+](=O)[O-])c(Cl)c3F)c2cc1C(N)=O.NC1CC1.O=[N+]([O-])c1ccc(O)c(F)c1Cl. The quantitative estimate of drug-likeness (QED) is 0.0127. The number of carbonyl (C=O) groups excluding carboxylic acids is 4. The lowest BCUT2D eigenvalue weighted by Crippen LogP contribution is -2.30. The predicted molar refractivity (Wildman–Crippen MR) is 427 cm³/mol. The van der Waals surface area contributed by atoms with E-state index in [-0.39, 0.29) is 84.2 Å². The van der Waals surface area contributed by atoms with Crippen molar-refractivity contribution in [3.05, 3.63) is 237 Å². The van der Waals surface area contributed by atoms with Crippen molar-refractivity contribution in [1.82, 2.24) is 25.3 Å². The number of primary amides is 4. The first kappa shape index (κ1) is 86.1. The van der Waals surface area contributed by atoms with Crippen molar-refractivity contribution >= 4 is 165 Å². The van der Waals surface area contributed by atoms with Gasteiger partial charge in [0.05, 0.1) is 99.0 Å². The van der Waals surface area contributed by atoms with Crippen molar-refractivity contribution in [1.29, 1.82) is 0 Å². The van der Waals surface area contributed by atoms with E-state index in [2.05, 4.69) is 30.6 Å². The van der Waals surface area contributed by atoms with Crippen molar-refractivity contribution < 1.29 is 84.9 Å². The summed E-state index contributed by atoms with van der Waals surface area (Å²) < 4.78 is 93.7. The highest BCUT2D eigenvalue weighted by molar-refractivity contribution is 7.80. The van der Waals surface area contributed by atoms with Gasteiger partial charge in [-0.1, -0.05) is 58.0 Å². The van der Waals surface area contributed by atoms with Gasteiger partial charge in [-0.15, -0.1) is 0 Å². The molecule has 12 aromatic rings. The highest BCUT2D eigenvalue weighted by Gasteiger charge is 2.27. The topological polar surface area (TPSA) is 471 Å². The molecule has 14 rings (SSSR count). The zero-order chi connectivity index (χ0) is 84.0. The van der Waals surface area contributed by atoms with Crippen LogP contribution >= 0.6 is 70.2 Å². The number of nitrogen functional groups attached to an aromatic ring is 1. The van der Waals surface area contributed by atoms with E-state index in [0.29, 0.717) is 82.8 Å². The predicted octanol–water partition coefficient (Wildman–Crippen LogP) is 15.9. The number of phenols is 1. The lowest BCUT2D eigenvalue weighted by molar-refractivity contribution is -0.385. The number of nitro groups is 2. The third-order valence-electron chi connectivity index (χ3n) is 16.2. The Bertz CT molecular complexity index is 5850. The number of nitrogens with one attached hydrogen (secondary N) is 2. The fraction of sp³-hybridized carbons (Fsp3) is 0.133. The van der Waals surface area contributed by atoms with Gasteiger partial charge in [-0.05, 0) is 123 Å². The van der Waals surface area contributed by atoms with Crippen LogP contribution in [0.1, 0.15) is 67.1 Å². The molecule has 4 heterocycles. The number of aromatic hydroxyl groups is 1. The molecule has 40 heteroatoms. The Hall–Kier alpha value is -12.9. The molecule has 8 aromatic carbocycles. The average Bonchev–Trinajstić information content (AvgIpc) is 1.79. The number of anilines is 2. The van der Waals surface area contributed by atoms with E-state index in [0.717, 1.165) is 37.1 Å². The molecule has 4 amide bonds. The van der Waals surface area contributed by atoms with Gasteiger partial charge in [0.15, 0.2) is 61.4 Å². The Morgan fingerprint density at radius 1 is 0.461 bits per heavy atom. The number of halogens is 9. The number of methoxy groups -OCH3 is 4. The number of hydrogen-bond acceptors (Lipinski definition) is 23. The number of phenolic OH excluding ortho intramolecular Hbond substituents is 1. The molecule has 0 bridgehead atoms. The summed E-state index contributed by atoms with van der Waals surface area (Å²) in [6, 6.07) is 29.1. The fourth-order valence-electron chi connectivity index (χ4n) is 10.1. The van der Waals surface area contributed by atoms with Crippen LogP contribution in [0.15, 0.2) is 146 Å². The number of thiocarbonyl (C=S) groups is 1. The number of fused-ring (bicyclic) bond motifs is 4. The van der Waals surface area contributed by atoms with Gasteiger partial charge in [0.1, 0.15) is 50.3 Å². The molecule has 2 aliphatic rings. The van der Waals surface area contributed by atoms with Gasteiger partial charge >= 0.3 is 0 Å². The van der Waals surface area contributed by atoms with E-state index in [4.69, 9.17) is 143 Å². The molecule has 2 aliphatic carbocycles. The van der Waals surface area contributed by atoms with Crippen LogP contribution in [0, 0.1) is 43.5 Å². The molecule has 596 valence electrons. The maximum Gasteiger partial charge on any atom is 0.291 e. The van der Waals surface area contributed by atoms with Crippen LogP contribution in [0.25, 0.3) is 43.6 Å². The number of ether oxygens (including phenoxy) is 7. The third-order valence-corrected chi connectivity index (χ3v) is 18.2. The first-order valence-electron chi connectivity index (χ1n) is 32.9. The maximum absolute atomic E-state index is 14.9. The highest BCUT2D eigenvalue weighted by Crippen LogP contribution is 2.43. The molecule has 30 nitrogen and oxygen atoms in total. The highest BCUT2D eigenvalue weighted by atomic mass is 35.5. The van der Waals surface area contributed by atoms with Gasteiger partial charge in [0, 0.05) is 94.8 Å². The number of nitro benzene ring substituents is 2. The second-order valence-corrected chi connectivity index (χ2v) is 26.3. The van der Waals surface area contributed by atoms with Crippen molar-refractivity contribution in [2.75, 3.05) is 39.5 Å². The summed E-state index contributed by atoms with van der Waals surface area (Å²) in [5, 5.41) is 36.8. The van der Waals surface area contributed by atoms with E-state index in [1.165, 1.54) is 114 Å². The number of aromatic nitrogens is 4. The molecular formula is C75H61Cl5F4N14O16S. The summed E-state index contributed by atoms with van der Waals surface area (Å²) in [7, 11) is 5.69. The van der Waals surface area contributed by atoms with E-state index >= 15 is 0 Å². The number of pyridine rings is 4. The Balaban J connectivity index is 0.000000167. The van der Waals surface area contributed by atoms with E-state index in [1.54, 1.807) is 48.7 Å². The maximum atomic E-state index is 14.9. The van der Waals surface area contributed by atoms with Crippen LogP contribution in [0.4, 0.5) is 40.3 Å². The lowest BCUT2D eigenvalue weighted by Gasteiger charge is -2.15. The molecule has 0 aliphatic heterocycles. The molecule has 2 saturated carbocycles. The van der Waals surface area contributed by atoms with E-state index in [1.807, 2.05) is 0 Å². The minimum absolute atomic E-state index is 0.0880. The minimum Gasteiger partial charge on any atom is -0.505 e. The first-order valence-corrected chi connectivity index (χ1v) is 35.2. The Morgan fingerprint density at radius 2 is 0.791 bits per heavy atom. The minimum atomic E-state index is -1.18. The normalized spacial score (nSPS) is 11.7. The van der Waals surface area contributed by atoms with Gasteiger partial charge in [-0.3, -0.25) is 59.3 Å². The Labute approximate surface area is 677 Å². The third kappa shape index (κ3) is 21.1. The number of rotatable bonds is 18. The molecule has 0 unspecified atom stereocenters. The molecule has 0 radical (unpaired) electrons. The molecule has 0 spiro atoms. The molecule has 2 fully saturated rings. The molecule has 115 heavy (non-hydrogen) atoms. The van der Waals surface area contributed by atoms with Crippen LogP contribution < -0.4 is 78.2 Å². The van der Waals surface area contributed by atoms with Gasteiger partial charge < -0.3 is 83.3 Å². The zero-order valence-electron chi connectivity index (χ0n) is 59.9. The van der Waals surface area contributed by atoms with Crippen LogP contribution in [-0.4, -0.2) is 104 Å². The van der Waals surface area contributed by atoms with E-state index in [9.17, 15) is 57.0 Å². The second kappa shape index (κ2) is 38.1. The van der Waals surface area contributed by atoms with Gasteiger partial charge in [-0.25, -0.2) is 17.6 Å². The number of nitrogens with two attached hydrogens (primary N) is 6. The van der Waals surface area contributed by atoms with Gasteiger partial charge in [-0.2, -0.15) is 0 Å². The molecule has 15 N–H and O–H groups in total. The van der Waals surface area contributed by atoms with Crippen LogP contribution in [-0.2, 0) is 0 Å². The second-order valence-electron chi connectivity index (χ2n) is 23.9. The molecule has 0 saturated heterocycles. The summed E-state index contributed by atoms with van der Waals surface area (Å²) in [6.07, 6.45) is 10.6. The largest absolute Gasteiger partial charge is 0.505 e. The summed E-state index contributed by atoms with van der Waals surface area (Å²) in [5.41, 5.74) is 34.2. The Morgan fingerprint density at radius 3 is 1.16 bits per heavy atom. The van der Waals surface area contributed by atoms with Crippen molar-refractivity contribution in [2.24, 2.45) is 28.7 Å².